The lowest BCUT2D eigenvalue weighted by atomic mass is 10.2. The molecule has 2 N–H and O–H groups in total. The molecule has 206 valence electrons. The Morgan fingerprint density at radius 2 is 1.95 bits per heavy atom. The molecule has 3 heterocycles. The second-order valence-corrected chi connectivity index (χ2v) is 9.21. The van der Waals surface area contributed by atoms with Gasteiger partial charge in [-0.15, -0.1) is 0 Å². The third kappa shape index (κ3) is 5.98. The molecule has 1 amide bonds. The highest BCUT2D eigenvalue weighted by Gasteiger charge is 2.20. The van der Waals surface area contributed by atoms with Gasteiger partial charge in [0.05, 0.1) is 18.0 Å². The molecule has 4 aromatic rings. The maximum atomic E-state index is 15.1. The number of ether oxygens (including phenoxy) is 1. The number of anilines is 4. The molecule has 0 spiro atoms. The van der Waals surface area contributed by atoms with Crippen LogP contribution in [0.4, 0.5) is 27.4 Å². The van der Waals surface area contributed by atoms with Crippen LogP contribution in [0.3, 0.4) is 0 Å². The summed E-state index contributed by atoms with van der Waals surface area (Å²) >= 11 is 0. The van der Waals surface area contributed by atoms with E-state index in [-0.39, 0.29) is 23.1 Å². The van der Waals surface area contributed by atoms with Gasteiger partial charge in [-0.05, 0) is 42.5 Å². The van der Waals surface area contributed by atoms with Crippen molar-refractivity contribution >= 4 is 40.0 Å². The maximum Gasteiger partial charge on any atom is 0.283 e. The Labute approximate surface area is 229 Å². The lowest BCUT2D eigenvalue weighted by molar-refractivity contribution is -0.111. The van der Waals surface area contributed by atoms with E-state index < -0.39 is 5.56 Å². The summed E-state index contributed by atoms with van der Waals surface area (Å²) in [5.74, 6) is -0.520. The van der Waals surface area contributed by atoms with E-state index in [1.807, 2.05) is 4.90 Å². The van der Waals surface area contributed by atoms with Crippen LogP contribution in [0.1, 0.15) is 0 Å². The van der Waals surface area contributed by atoms with Gasteiger partial charge >= 0.3 is 0 Å². The van der Waals surface area contributed by atoms with Gasteiger partial charge in [0.1, 0.15) is 17.5 Å². The number of nitrogens with one attached hydrogen (secondary N) is 2. The van der Waals surface area contributed by atoms with Gasteiger partial charge in [-0.25, -0.2) is 9.37 Å². The Morgan fingerprint density at radius 1 is 1.12 bits per heavy atom. The largest absolute Gasteiger partial charge is 0.383 e. The average Bonchev–Trinajstić information content (AvgIpc) is 2.97. The monoisotopic (exact) mass is 544 g/mol. The fourth-order valence-electron chi connectivity index (χ4n) is 4.52. The summed E-state index contributed by atoms with van der Waals surface area (Å²) in [6.45, 7) is 8.14. The molecule has 2 aromatic heterocycles. The Bertz CT molecular complexity index is 1600. The predicted octanol–water partition coefficient (Wildman–Crippen LogP) is 2.95. The van der Waals surface area contributed by atoms with Gasteiger partial charge in [0.25, 0.3) is 5.56 Å². The molecule has 5 rings (SSSR count). The number of nitrogens with zero attached hydrogens (tertiary/aromatic N) is 6. The molecule has 11 nitrogen and oxygen atoms in total. The summed E-state index contributed by atoms with van der Waals surface area (Å²) in [7, 11) is 1.69. The summed E-state index contributed by atoms with van der Waals surface area (Å²) in [6.07, 6.45) is 3.92. The van der Waals surface area contributed by atoms with E-state index in [1.165, 1.54) is 24.7 Å². The standard InChI is InChI=1S/C28H29FN8O3/c1-3-25(38)32-19-5-4-6-21(15-19)37-18-31-27(39)22-17-30-28(34-26(22)37)33-20-7-8-24(23(29)16-20)36-11-9-35(10-12-36)13-14-40-2/h3-8,15-18H,1,9-14H2,2H3,(H,32,38)(H,30,33,34). The Hall–Kier alpha value is -4.68. The zero-order valence-corrected chi connectivity index (χ0v) is 22.0. The first-order valence-electron chi connectivity index (χ1n) is 12.8. The number of hydrogen-bond donors (Lipinski definition) is 2. The Kier molecular flexibility index (Phi) is 8.08. The summed E-state index contributed by atoms with van der Waals surface area (Å²) < 4.78 is 21.9. The van der Waals surface area contributed by atoms with E-state index in [4.69, 9.17) is 4.74 Å². The van der Waals surface area contributed by atoms with Gasteiger partial charge in [0, 0.05) is 57.4 Å². The summed E-state index contributed by atoms with van der Waals surface area (Å²) in [5, 5.41) is 5.95. The van der Waals surface area contributed by atoms with E-state index in [1.54, 1.807) is 48.1 Å². The van der Waals surface area contributed by atoms with Crippen LogP contribution in [0.25, 0.3) is 16.7 Å². The molecule has 1 fully saturated rings. The molecule has 0 saturated carbocycles. The fourth-order valence-corrected chi connectivity index (χ4v) is 4.52. The number of carbonyl (C=O) groups is 1. The van der Waals surface area contributed by atoms with Gasteiger partial charge < -0.3 is 20.3 Å². The van der Waals surface area contributed by atoms with Crippen LogP contribution in [0.5, 0.6) is 0 Å². The van der Waals surface area contributed by atoms with Crippen LogP contribution in [0, 0.1) is 5.82 Å². The number of methoxy groups -OCH3 is 1. The SMILES string of the molecule is C=CC(=O)Nc1cccc(-n2cnc(=O)c3cnc(Nc4ccc(N5CCN(CCOC)CC5)c(F)c4)nc32)c1. The van der Waals surface area contributed by atoms with Crippen molar-refractivity contribution in [3.8, 4) is 5.69 Å². The van der Waals surface area contributed by atoms with Crippen molar-refractivity contribution in [3.05, 3.63) is 83.8 Å². The van der Waals surface area contributed by atoms with E-state index in [0.717, 1.165) is 32.7 Å². The summed E-state index contributed by atoms with van der Waals surface area (Å²) in [4.78, 5) is 41.2. The summed E-state index contributed by atoms with van der Waals surface area (Å²) in [6, 6.07) is 11.9. The fraction of sp³-hybridized carbons (Fsp3) is 0.250. The zero-order chi connectivity index (χ0) is 28.1. The second-order valence-electron chi connectivity index (χ2n) is 9.21. The van der Waals surface area contributed by atoms with E-state index in [9.17, 15) is 9.59 Å². The number of halogens is 1. The molecule has 1 saturated heterocycles. The quantitative estimate of drug-likeness (QED) is 0.307. The number of hydrogen-bond acceptors (Lipinski definition) is 9. The maximum absolute atomic E-state index is 15.1. The molecule has 40 heavy (non-hydrogen) atoms. The van der Waals surface area contributed by atoms with E-state index in [2.05, 4.69) is 37.1 Å². The molecule has 0 aliphatic carbocycles. The lowest BCUT2D eigenvalue weighted by Gasteiger charge is -2.36. The highest BCUT2D eigenvalue weighted by Crippen LogP contribution is 2.26. The molecule has 0 radical (unpaired) electrons. The van der Waals surface area contributed by atoms with Gasteiger partial charge in [-0.2, -0.15) is 9.97 Å². The molecule has 0 bridgehead atoms. The highest BCUT2D eigenvalue weighted by molar-refractivity contribution is 5.99. The molecular weight excluding hydrogens is 515 g/mol. The van der Waals surface area contributed by atoms with Crippen LogP contribution >= 0.6 is 0 Å². The van der Waals surface area contributed by atoms with E-state index in [0.29, 0.717) is 35.0 Å². The Balaban J connectivity index is 1.38. The van der Waals surface area contributed by atoms with Crippen LogP contribution in [-0.2, 0) is 9.53 Å². The van der Waals surface area contributed by atoms with Gasteiger partial charge in [-0.1, -0.05) is 12.6 Å². The molecule has 2 aromatic carbocycles. The van der Waals surface area contributed by atoms with Crippen molar-refractivity contribution in [2.75, 3.05) is 62.0 Å². The van der Waals surface area contributed by atoms with Crippen LogP contribution in [-0.4, -0.2) is 76.8 Å². The predicted molar refractivity (Wildman–Crippen MR) is 152 cm³/mol. The number of carbonyl (C=O) groups excluding carboxylic acids is 1. The van der Waals surface area contributed by atoms with Crippen molar-refractivity contribution in [2.45, 2.75) is 0 Å². The van der Waals surface area contributed by atoms with Crippen molar-refractivity contribution in [1.82, 2.24) is 24.4 Å². The van der Waals surface area contributed by atoms with Crippen molar-refractivity contribution in [3.63, 3.8) is 0 Å². The third-order valence-corrected chi connectivity index (χ3v) is 6.62. The van der Waals surface area contributed by atoms with Crippen molar-refractivity contribution < 1.29 is 13.9 Å². The minimum Gasteiger partial charge on any atom is -0.383 e. The molecule has 0 atom stereocenters. The zero-order valence-electron chi connectivity index (χ0n) is 22.0. The number of benzene rings is 2. The van der Waals surface area contributed by atoms with Crippen LogP contribution in [0.15, 0.2) is 72.4 Å². The molecule has 1 aliphatic heterocycles. The smallest absolute Gasteiger partial charge is 0.283 e. The number of fused-ring (bicyclic) bond motifs is 1. The summed E-state index contributed by atoms with van der Waals surface area (Å²) in [5.41, 5.74) is 1.98. The number of amides is 1. The van der Waals surface area contributed by atoms with Crippen LogP contribution in [0.2, 0.25) is 0 Å². The van der Waals surface area contributed by atoms with Gasteiger partial charge in [0.15, 0.2) is 5.65 Å². The van der Waals surface area contributed by atoms with Crippen LogP contribution < -0.4 is 21.1 Å². The third-order valence-electron chi connectivity index (χ3n) is 6.62. The minimum absolute atomic E-state index is 0.182. The number of aromatic nitrogens is 4. The van der Waals surface area contributed by atoms with Crippen molar-refractivity contribution in [1.29, 1.82) is 0 Å². The average molecular weight is 545 g/mol. The molecule has 0 unspecified atom stereocenters. The first kappa shape index (κ1) is 26.9. The van der Waals surface area contributed by atoms with Gasteiger partial charge in [0.2, 0.25) is 11.9 Å². The van der Waals surface area contributed by atoms with Crippen molar-refractivity contribution in [2.24, 2.45) is 0 Å². The normalized spacial score (nSPS) is 13.8. The van der Waals surface area contributed by atoms with E-state index >= 15 is 4.39 Å². The minimum atomic E-state index is -0.480. The molecule has 1 aliphatic rings. The first-order chi connectivity index (χ1) is 19.4. The highest BCUT2D eigenvalue weighted by atomic mass is 19.1. The number of rotatable bonds is 9. The first-order valence-corrected chi connectivity index (χ1v) is 12.8. The van der Waals surface area contributed by atoms with Gasteiger partial charge in [-0.3, -0.25) is 19.1 Å². The lowest BCUT2D eigenvalue weighted by Crippen LogP contribution is -2.47. The number of piperazine rings is 1. The second kappa shape index (κ2) is 12.0. The molecule has 12 heteroatoms. The molecular formula is C28H29FN8O3. The Morgan fingerprint density at radius 3 is 2.70 bits per heavy atom. The topological polar surface area (TPSA) is 118 Å².